The second-order valence-electron chi connectivity index (χ2n) is 7.54. The maximum Gasteiger partial charge on any atom is 0.0945 e. The third-order valence-electron chi connectivity index (χ3n) is 5.65. The largest absolute Gasteiger partial charge is 0.372 e. The van der Waals surface area contributed by atoms with Crippen LogP contribution in [-0.4, -0.2) is 62.7 Å². The van der Waals surface area contributed by atoms with Gasteiger partial charge in [-0.15, -0.1) is 0 Å². The van der Waals surface area contributed by atoms with Crippen LogP contribution in [0.2, 0.25) is 0 Å². The summed E-state index contributed by atoms with van der Waals surface area (Å²) < 4.78 is 8.43. The van der Waals surface area contributed by atoms with Gasteiger partial charge in [-0.2, -0.15) is 0 Å². The Morgan fingerprint density at radius 3 is 3.08 bits per heavy atom. The summed E-state index contributed by atoms with van der Waals surface area (Å²) in [6.45, 7) is 4.77. The highest BCUT2D eigenvalue weighted by molar-refractivity contribution is 5.06. The van der Waals surface area contributed by atoms with Gasteiger partial charge in [-0.3, -0.25) is 14.8 Å². The number of aryl methyl sites for hydroxylation is 1. The lowest BCUT2D eigenvalue weighted by molar-refractivity contribution is 0.0101. The first-order chi connectivity index (χ1) is 12.1. The molecular formula is C19H27N5O. The molecule has 6 heteroatoms. The number of imidazole rings is 1. The molecule has 2 aromatic heterocycles. The minimum Gasteiger partial charge on any atom is -0.372 e. The monoisotopic (exact) mass is 341 g/mol. The number of pyridine rings is 1. The standard InChI is InChI=1S/C19H27N5O/c1-22(11-16-5-3-4-7-21-16)17-9-19(25-13-17)6-8-24(14-19)12-18-10-20-15-23(18)2/h3-5,7,10,15,17H,6,8-9,11-14H2,1-2H3/t17-,19-/m0/s1. The van der Waals surface area contributed by atoms with Crippen molar-refractivity contribution in [3.63, 3.8) is 0 Å². The summed E-state index contributed by atoms with van der Waals surface area (Å²) in [5.74, 6) is 0. The minimum atomic E-state index is 0.0294. The van der Waals surface area contributed by atoms with Crippen molar-refractivity contribution in [2.24, 2.45) is 7.05 Å². The van der Waals surface area contributed by atoms with Crippen LogP contribution in [0.3, 0.4) is 0 Å². The summed E-state index contributed by atoms with van der Waals surface area (Å²) in [4.78, 5) is 13.6. The maximum absolute atomic E-state index is 6.33. The average molecular weight is 341 g/mol. The number of rotatable bonds is 5. The van der Waals surface area contributed by atoms with Crippen molar-refractivity contribution in [1.82, 2.24) is 24.3 Å². The first kappa shape index (κ1) is 16.7. The van der Waals surface area contributed by atoms with E-state index < -0.39 is 0 Å². The van der Waals surface area contributed by atoms with Gasteiger partial charge in [-0.05, 0) is 32.0 Å². The van der Waals surface area contributed by atoms with Gasteiger partial charge in [-0.25, -0.2) is 4.98 Å². The molecule has 0 aliphatic carbocycles. The van der Waals surface area contributed by atoms with Gasteiger partial charge in [0.05, 0.1) is 29.9 Å². The van der Waals surface area contributed by atoms with E-state index in [0.29, 0.717) is 6.04 Å². The van der Waals surface area contributed by atoms with Crippen LogP contribution in [0.1, 0.15) is 24.2 Å². The molecule has 0 aromatic carbocycles. The first-order valence-electron chi connectivity index (χ1n) is 9.05. The summed E-state index contributed by atoms with van der Waals surface area (Å²) in [7, 11) is 4.24. The van der Waals surface area contributed by atoms with E-state index >= 15 is 0 Å². The molecule has 2 saturated heterocycles. The van der Waals surface area contributed by atoms with E-state index in [9.17, 15) is 0 Å². The molecule has 2 aliphatic rings. The minimum absolute atomic E-state index is 0.0294. The highest BCUT2D eigenvalue weighted by Gasteiger charge is 2.46. The molecule has 0 unspecified atom stereocenters. The molecule has 0 saturated carbocycles. The van der Waals surface area contributed by atoms with Gasteiger partial charge in [0, 0.05) is 51.7 Å². The van der Waals surface area contributed by atoms with Crippen molar-refractivity contribution < 1.29 is 4.74 Å². The van der Waals surface area contributed by atoms with E-state index in [2.05, 4.69) is 50.6 Å². The van der Waals surface area contributed by atoms with Crippen molar-refractivity contribution in [2.45, 2.75) is 37.6 Å². The summed E-state index contributed by atoms with van der Waals surface area (Å²) in [5, 5.41) is 0. The molecule has 1 spiro atoms. The van der Waals surface area contributed by atoms with Crippen LogP contribution in [0, 0.1) is 0 Å². The predicted octanol–water partition coefficient (Wildman–Crippen LogP) is 1.68. The predicted molar refractivity (Wildman–Crippen MR) is 95.9 cm³/mol. The molecule has 2 aliphatic heterocycles. The van der Waals surface area contributed by atoms with E-state index in [1.54, 1.807) is 0 Å². The highest BCUT2D eigenvalue weighted by atomic mass is 16.5. The number of hydrogen-bond acceptors (Lipinski definition) is 5. The molecule has 4 heterocycles. The molecule has 4 rings (SSSR count). The van der Waals surface area contributed by atoms with Crippen LogP contribution in [-0.2, 0) is 24.9 Å². The molecular weight excluding hydrogens is 314 g/mol. The molecule has 0 amide bonds. The Labute approximate surface area is 149 Å². The molecule has 0 bridgehead atoms. The number of likely N-dealkylation sites (tertiary alicyclic amines) is 1. The van der Waals surface area contributed by atoms with Crippen molar-refractivity contribution in [3.05, 3.63) is 48.3 Å². The van der Waals surface area contributed by atoms with E-state index in [-0.39, 0.29) is 5.60 Å². The lowest BCUT2D eigenvalue weighted by atomic mass is 9.96. The number of nitrogens with zero attached hydrogens (tertiary/aromatic N) is 5. The zero-order valence-corrected chi connectivity index (χ0v) is 15.1. The van der Waals surface area contributed by atoms with Crippen molar-refractivity contribution in [1.29, 1.82) is 0 Å². The SMILES string of the molecule is CN(Cc1ccccn1)[C@@H]1CO[C@@]2(CCN(Cc3cncn3C)C2)C1. The van der Waals surface area contributed by atoms with E-state index in [4.69, 9.17) is 4.74 Å². The second kappa shape index (κ2) is 6.86. The lowest BCUT2D eigenvalue weighted by Gasteiger charge is -2.26. The Morgan fingerprint density at radius 2 is 2.32 bits per heavy atom. The highest BCUT2D eigenvalue weighted by Crippen LogP contribution is 2.37. The number of ether oxygens (including phenoxy) is 1. The Morgan fingerprint density at radius 1 is 1.40 bits per heavy atom. The Kier molecular flexibility index (Phi) is 4.58. The molecule has 0 N–H and O–H groups in total. The van der Waals surface area contributed by atoms with Gasteiger partial charge in [0.1, 0.15) is 0 Å². The van der Waals surface area contributed by atoms with Gasteiger partial charge in [0.15, 0.2) is 0 Å². The molecule has 2 fully saturated rings. The molecule has 25 heavy (non-hydrogen) atoms. The molecule has 2 atom stereocenters. The number of likely N-dealkylation sites (N-methyl/N-ethyl adjacent to an activating group) is 1. The fraction of sp³-hybridized carbons (Fsp3) is 0.579. The van der Waals surface area contributed by atoms with Gasteiger partial charge in [-0.1, -0.05) is 6.07 Å². The number of hydrogen-bond donors (Lipinski definition) is 0. The Hall–Kier alpha value is -1.76. The van der Waals surface area contributed by atoms with E-state index in [1.165, 1.54) is 5.69 Å². The third kappa shape index (κ3) is 3.61. The van der Waals surface area contributed by atoms with Crippen molar-refractivity contribution in [2.75, 3.05) is 26.7 Å². The Bertz CT molecular complexity index is 703. The van der Waals surface area contributed by atoms with Crippen LogP contribution >= 0.6 is 0 Å². The van der Waals surface area contributed by atoms with Gasteiger partial charge >= 0.3 is 0 Å². The van der Waals surface area contributed by atoms with E-state index in [1.807, 2.05) is 24.8 Å². The summed E-state index contributed by atoms with van der Waals surface area (Å²) in [6.07, 6.45) is 7.93. The smallest absolute Gasteiger partial charge is 0.0945 e. The molecule has 6 nitrogen and oxygen atoms in total. The fourth-order valence-electron chi connectivity index (χ4n) is 4.09. The van der Waals surface area contributed by atoms with Crippen LogP contribution in [0.15, 0.2) is 36.9 Å². The average Bonchev–Trinajstić information content (AvgIpc) is 3.32. The van der Waals surface area contributed by atoms with Crippen LogP contribution < -0.4 is 0 Å². The fourth-order valence-corrected chi connectivity index (χ4v) is 4.09. The number of aromatic nitrogens is 3. The van der Waals surface area contributed by atoms with Crippen molar-refractivity contribution in [3.8, 4) is 0 Å². The van der Waals surface area contributed by atoms with Crippen LogP contribution in [0.25, 0.3) is 0 Å². The quantitative estimate of drug-likeness (QED) is 0.828. The summed E-state index contributed by atoms with van der Waals surface area (Å²) in [5.41, 5.74) is 2.41. The zero-order valence-electron chi connectivity index (χ0n) is 15.1. The third-order valence-corrected chi connectivity index (χ3v) is 5.65. The lowest BCUT2D eigenvalue weighted by Crippen LogP contribution is -2.36. The molecule has 134 valence electrons. The zero-order chi connectivity index (χ0) is 17.3. The Balaban J connectivity index is 1.33. The van der Waals surface area contributed by atoms with Crippen molar-refractivity contribution >= 4 is 0 Å². The summed E-state index contributed by atoms with van der Waals surface area (Å²) in [6, 6.07) is 6.58. The summed E-state index contributed by atoms with van der Waals surface area (Å²) >= 11 is 0. The van der Waals surface area contributed by atoms with Crippen LogP contribution in [0.4, 0.5) is 0 Å². The van der Waals surface area contributed by atoms with Gasteiger partial charge < -0.3 is 9.30 Å². The molecule has 2 aromatic rings. The normalized spacial score (nSPS) is 26.9. The van der Waals surface area contributed by atoms with Gasteiger partial charge in [0.2, 0.25) is 0 Å². The van der Waals surface area contributed by atoms with E-state index in [0.717, 1.165) is 51.3 Å². The first-order valence-corrected chi connectivity index (χ1v) is 9.05. The molecule has 0 radical (unpaired) electrons. The van der Waals surface area contributed by atoms with Crippen LogP contribution in [0.5, 0.6) is 0 Å². The van der Waals surface area contributed by atoms with Gasteiger partial charge in [0.25, 0.3) is 0 Å². The second-order valence-corrected chi connectivity index (χ2v) is 7.54. The maximum atomic E-state index is 6.33. The topological polar surface area (TPSA) is 46.4 Å².